The Bertz CT molecular complexity index is 351. The first-order chi connectivity index (χ1) is 6.93. The van der Waals surface area contributed by atoms with Gasteiger partial charge < -0.3 is 0 Å². The summed E-state index contributed by atoms with van der Waals surface area (Å²) < 4.78 is 1.96. The van der Waals surface area contributed by atoms with Crippen LogP contribution in [0.2, 0.25) is 0 Å². The van der Waals surface area contributed by atoms with Gasteiger partial charge in [-0.2, -0.15) is 5.10 Å². The Morgan fingerprint density at radius 1 is 1.40 bits per heavy atom. The lowest BCUT2D eigenvalue weighted by Gasteiger charge is -2.13. The fourth-order valence-electron chi connectivity index (χ4n) is 1.72. The average molecular weight is 208 g/mol. The molecule has 0 aromatic carbocycles. The third-order valence-corrected chi connectivity index (χ3v) is 2.37. The number of hydrogen-bond acceptors (Lipinski definition) is 2. The smallest absolute Gasteiger partial charge is 0.163 e. The Morgan fingerprint density at radius 3 is 2.40 bits per heavy atom. The predicted octanol–water partition coefficient (Wildman–Crippen LogP) is 2.87. The van der Waals surface area contributed by atoms with Gasteiger partial charge in [0.1, 0.15) is 0 Å². The molecule has 0 unspecified atom stereocenters. The maximum Gasteiger partial charge on any atom is 0.163 e. The van der Waals surface area contributed by atoms with Gasteiger partial charge in [0.15, 0.2) is 5.78 Å². The number of carbonyl (C=O) groups is 1. The molecule has 1 aromatic heterocycles. The van der Waals surface area contributed by atoms with Gasteiger partial charge in [0, 0.05) is 11.7 Å². The first-order valence-corrected chi connectivity index (χ1v) is 5.50. The summed E-state index contributed by atoms with van der Waals surface area (Å²) in [6.45, 7) is 10.1. The van der Waals surface area contributed by atoms with Gasteiger partial charge in [-0.05, 0) is 33.1 Å². The second-order valence-corrected chi connectivity index (χ2v) is 4.70. The largest absolute Gasteiger partial charge is 0.294 e. The number of aromatic nitrogens is 2. The van der Waals surface area contributed by atoms with Crippen LogP contribution < -0.4 is 0 Å². The molecule has 0 aliphatic rings. The second kappa shape index (κ2) is 4.60. The van der Waals surface area contributed by atoms with Crippen LogP contribution >= 0.6 is 0 Å². The maximum atomic E-state index is 11.4. The molecule has 3 nitrogen and oxygen atoms in total. The zero-order valence-corrected chi connectivity index (χ0v) is 10.2. The number of ketones is 1. The van der Waals surface area contributed by atoms with Gasteiger partial charge in [-0.25, -0.2) is 0 Å². The minimum absolute atomic E-state index is 0.109. The van der Waals surface area contributed by atoms with Crippen molar-refractivity contribution in [2.75, 3.05) is 0 Å². The van der Waals surface area contributed by atoms with Crippen LogP contribution in [0.1, 0.15) is 56.7 Å². The van der Waals surface area contributed by atoms with Crippen molar-refractivity contribution < 1.29 is 4.79 Å². The maximum absolute atomic E-state index is 11.4. The van der Waals surface area contributed by atoms with E-state index in [1.165, 1.54) is 0 Å². The predicted molar refractivity (Wildman–Crippen MR) is 61.2 cm³/mol. The molecule has 0 saturated heterocycles. The summed E-state index contributed by atoms with van der Waals surface area (Å²) in [6.07, 6.45) is 2.60. The van der Waals surface area contributed by atoms with Gasteiger partial charge in [0.05, 0.1) is 11.8 Å². The van der Waals surface area contributed by atoms with E-state index in [-0.39, 0.29) is 5.78 Å². The van der Waals surface area contributed by atoms with E-state index in [2.05, 4.69) is 32.8 Å². The number of Topliss-reactive ketones (excluding diaryl/α,β-unsaturated/α-hetero) is 1. The van der Waals surface area contributed by atoms with Crippen molar-refractivity contribution in [3.8, 4) is 0 Å². The van der Waals surface area contributed by atoms with Crippen LogP contribution in [0.15, 0.2) is 6.20 Å². The summed E-state index contributed by atoms with van der Waals surface area (Å²) >= 11 is 0. The zero-order chi connectivity index (χ0) is 11.6. The van der Waals surface area contributed by atoms with E-state index >= 15 is 0 Å². The summed E-state index contributed by atoms with van der Waals surface area (Å²) in [5.74, 6) is 0.648. The Hall–Kier alpha value is -1.12. The molecule has 0 aliphatic heterocycles. The minimum Gasteiger partial charge on any atom is -0.294 e. The molecule has 0 aliphatic carbocycles. The van der Waals surface area contributed by atoms with Crippen LogP contribution in [0, 0.1) is 5.92 Å². The zero-order valence-electron chi connectivity index (χ0n) is 10.2. The molecule has 0 spiro atoms. The highest BCUT2D eigenvalue weighted by molar-refractivity contribution is 5.94. The van der Waals surface area contributed by atoms with Crippen LogP contribution in [0.4, 0.5) is 0 Å². The molecule has 3 heteroatoms. The van der Waals surface area contributed by atoms with Crippen molar-refractivity contribution in [2.24, 2.45) is 5.92 Å². The van der Waals surface area contributed by atoms with E-state index in [1.807, 2.05) is 4.68 Å². The number of nitrogens with zero attached hydrogens (tertiary/aromatic N) is 2. The Morgan fingerprint density at radius 2 is 2.00 bits per heavy atom. The number of hydrogen-bond donors (Lipinski definition) is 0. The quantitative estimate of drug-likeness (QED) is 0.713. The molecule has 0 radical (unpaired) electrons. The summed E-state index contributed by atoms with van der Waals surface area (Å²) in [4.78, 5) is 11.4. The highest BCUT2D eigenvalue weighted by Crippen LogP contribution is 2.18. The van der Waals surface area contributed by atoms with Gasteiger partial charge >= 0.3 is 0 Å². The third kappa shape index (κ3) is 2.67. The summed E-state index contributed by atoms with van der Waals surface area (Å²) in [6, 6.07) is 0.312. The number of carbonyl (C=O) groups excluding carboxylic acids is 1. The van der Waals surface area contributed by atoms with Gasteiger partial charge in [-0.15, -0.1) is 0 Å². The van der Waals surface area contributed by atoms with Crippen molar-refractivity contribution in [3.63, 3.8) is 0 Å². The SMILES string of the molecule is CC(=O)c1cnn(C(C)C)c1CC(C)C. The molecule has 15 heavy (non-hydrogen) atoms. The lowest BCUT2D eigenvalue weighted by molar-refractivity contribution is 0.101. The molecule has 84 valence electrons. The first kappa shape index (κ1) is 12.0. The van der Waals surface area contributed by atoms with E-state index in [9.17, 15) is 4.79 Å². The summed E-state index contributed by atoms with van der Waals surface area (Å²) in [5.41, 5.74) is 1.85. The van der Waals surface area contributed by atoms with Crippen molar-refractivity contribution in [3.05, 3.63) is 17.5 Å². The molecule has 0 bridgehead atoms. The lowest BCUT2D eigenvalue weighted by Crippen LogP contribution is -2.12. The van der Waals surface area contributed by atoms with Gasteiger partial charge in [-0.3, -0.25) is 9.48 Å². The van der Waals surface area contributed by atoms with E-state index < -0.39 is 0 Å². The number of rotatable bonds is 4. The van der Waals surface area contributed by atoms with E-state index in [0.29, 0.717) is 12.0 Å². The third-order valence-electron chi connectivity index (χ3n) is 2.37. The monoisotopic (exact) mass is 208 g/mol. The molecule has 0 amide bonds. The molecule has 1 rings (SSSR count). The molecule has 1 heterocycles. The van der Waals surface area contributed by atoms with Crippen molar-refractivity contribution in [1.82, 2.24) is 9.78 Å². The van der Waals surface area contributed by atoms with Crippen molar-refractivity contribution in [2.45, 2.75) is 47.1 Å². The van der Waals surface area contributed by atoms with E-state index in [4.69, 9.17) is 0 Å². The molecule has 0 fully saturated rings. The second-order valence-electron chi connectivity index (χ2n) is 4.70. The molecular formula is C12H20N2O. The summed E-state index contributed by atoms with van der Waals surface area (Å²) in [5, 5.41) is 4.29. The van der Waals surface area contributed by atoms with Crippen molar-refractivity contribution >= 4 is 5.78 Å². The van der Waals surface area contributed by atoms with Gasteiger partial charge in [0.25, 0.3) is 0 Å². The highest BCUT2D eigenvalue weighted by Gasteiger charge is 2.16. The standard InChI is InChI=1S/C12H20N2O/c1-8(2)6-12-11(10(5)15)7-13-14(12)9(3)4/h7-9H,6H2,1-5H3. The van der Waals surface area contributed by atoms with Crippen LogP contribution in [0.25, 0.3) is 0 Å². The van der Waals surface area contributed by atoms with Crippen LogP contribution in [0.3, 0.4) is 0 Å². The topological polar surface area (TPSA) is 34.9 Å². The molecule has 1 aromatic rings. The fraction of sp³-hybridized carbons (Fsp3) is 0.667. The highest BCUT2D eigenvalue weighted by atomic mass is 16.1. The molecule has 0 N–H and O–H groups in total. The van der Waals surface area contributed by atoms with E-state index in [1.54, 1.807) is 13.1 Å². The lowest BCUT2D eigenvalue weighted by atomic mass is 10.0. The Labute approximate surface area is 91.5 Å². The summed E-state index contributed by atoms with van der Waals surface area (Å²) in [7, 11) is 0. The first-order valence-electron chi connectivity index (χ1n) is 5.50. The average Bonchev–Trinajstić information content (AvgIpc) is 2.46. The Balaban J connectivity index is 3.14. The molecule has 0 atom stereocenters. The van der Waals surface area contributed by atoms with Crippen LogP contribution in [-0.2, 0) is 6.42 Å². The molecule has 0 saturated carbocycles. The van der Waals surface area contributed by atoms with Gasteiger partial charge in [0.2, 0.25) is 0 Å². The van der Waals surface area contributed by atoms with Crippen LogP contribution in [0.5, 0.6) is 0 Å². The normalized spacial score (nSPS) is 11.4. The minimum atomic E-state index is 0.109. The van der Waals surface area contributed by atoms with E-state index in [0.717, 1.165) is 17.7 Å². The van der Waals surface area contributed by atoms with Gasteiger partial charge in [-0.1, -0.05) is 13.8 Å². The Kier molecular flexibility index (Phi) is 3.66. The van der Waals surface area contributed by atoms with Crippen LogP contribution in [-0.4, -0.2) is 15.6 Å². The fourth-order valence-corrected chi connectivity index (χ4v) is 1.72. The molecular weight excluding hydrogens is 188 g/mol. The van der Waals surface area contributed by atoms with Crippen molar-refractivity contribution in [1.29, 1.82) is 0 Å².